The number of alkyl halides is 1. The molecule has 112 valence electrons. The third-order valence-corrected chi connectivity index (χ3v) is 5.39. The number of hydrogen-bond acceptors (Lipinski definition) is 5. The highest BCUT2D eigenvalue weighted by atomic mass is 35.5. The van der Waals surface area contributed by atoms with Crippen LogP contribution in [0.1, 0.15) is 6.42 Å². The van der Waals surface area contributed by atoms with Gasteiger partial charge in [-0.2, -0.15) is 0 Å². The Hall–Kier alpha value is -0.370. The van der Waals surface area contributed by atoms with E-state index in [1.807, 2.05) is 19.0 Å². The fourth-order valence-electron chi connectivity index (χ4n) is 2.04. The normalized spacial score (nSPS) is 25.7. The standard InChI is InChI=1S/C11H22ClN3O3S/c1-13-4-3-5-15(2)6-11(16)14-10-8-19(17,18)7-9(10)12/h9-10,13H,3-8H2,1-2H3,(H,14,16). The number of rotatable bonds is 7. The molecule has 1 saturated heterocycles. The van der Waals surface area contributed by atoms with E-state index in [0.717, 1.165) is 19.5 Å². The van der Waals surface area contributed by atoms with Crippen LogP contribution in [0.4, 0.5) is 0 Å². The number of hydrogen-bond donors (Lipinski definition) is 2. The molecule has 0 spiro atoms. The van der Waals surface area contributed by atoms with Gasteiger partial charge in [0.15, 0.2) is 9.84 Å². The Morgan fingerprint density at radius 3 is 2.63 bits per heavy atom. The van der Waals surface area contributed by atoms with Gasteiger partial charge in [-0.15, -0.1) is 11.6 Å². The molecule has 1 rings (SSSR count). The highest BCUT2D eigenvalue weighted by molar-refractivity contribution is 7.91. The van der Waals surface area contributed by atoms with E-state index in [1.165, 1.54) is 0 Å². The van der Waals surface area contributed by atoms with E-state index in [4.69, 9.17) is 11.6 Å². The van der Waals surface area contributed by atoms with E-state index >= 15 is 0 Å². The van der Waals surface area contributed by atoms with Crippen molar-refractivity contribution in [3.8, 4) is 0 Å². The maximum absolute atomic E-state index is 11.8. The van der Waals surface area contributed by atoms with Gasteiger partial charge in [0, 0.05) is 0 Å². The van der Waals surface area contributed by atoms with Crippen molar-refractivity contribution in [2.75, 3.05) is 45.2 Å². The Kier molecular flexibility index (Phi) is 6.52. The topological polar surface area (TPSA) is 78.5 Å². The summed E-state index contributed by atoms with van der Waals surface area (Å²) >= 11 is 5.93. The summed E-state index contributed by atoms with van der Waals surface area (Å²) in [6.07, 6.45) is 0.955. The lowest BCUT2D eigenvalue weighted by atomic mass is 10.2. The fraction of sp³-hybridized carbons (Fsp3) is 0.909. The number of halogens is 1. The molecule has 0 aliphatic carbocycles. The third-order valence-electron chi connectivity index (χ3n) is 3.01. The van der Waals surface area contributed by atoms with Gasteiger partial charge in [0.25, 0.3) is 0 Å². The van der Waals surface area contributed by atoms with Crippen LogP contribution >= 0.6 is 11.6 Å². The van der Waals surface area contributed by atoms with Crippen molar-refractivity contribution in [2.45, 2.75) is 17.8 Å². The Bertz CT molecular complexity index is 402. The predicted molar refractivity (Wildman–Crippen MR) is 76.3 cm³/mol. The minimum atomic E-state index is -3.10. The van der Waals surface area contributed by atoms with Gasteiger partial charge < -0.3 is 10.6 Å². The molecule has 2 atom stereocenters. The molecule has 1 heterocycles. The molecule has 0 radical (unpaired) electrons. The Morgan fingerprint density at radius 1 is 1.42 bits per heavy atom. The zero-order valence-corrected chi connectivity index (χ0v) is 12.9. The third kappa shape index (κ3) is 6.07. The van der Waals surface area contributed by atoms with Crippen LogP contribution in [0, 0.1) is 0 Å². The second-order valence-corrected chi connectivity index (χ2v) is 7.68. The van der Waals surface area contributed by atoms with Crippen molar-refractivity contribution in [2.24, 2.45) is 0 Å². The number of carbonyl (C=O) groups is 1. The smallest absolute Gasteiger partial charge is 0.234 e. The molecule has 0 aromatic carbocycles. The van der Waals surface area contributed by atoms with E-state index in [2.05, 4.69) is 10.6 Å². The van der Waals surface area contributed by atoms with Crippen molar-refractivity contribution in [3.63, 3.8) is 0 Å². The molecule has 1 aliphatic heterocycles. The molecule has 0 saturated carbocycles. The van der Waals surface area contributed by atoms with Crippen molar-refractivity contribution < 1.29 is 13.2 Å². The van der Waals surface area contributed by atoms with Gasteiger partial charge in [-0.05, 0) is 33.6 Å². The van der Waals surface area contributed by atoms with Crippen LogP contribution in [-0.4, -0.2) is 75.9 Å². The lowest BCUT2D eigenvalue weighted by molar-refractivity contribution is -0.122. The van der Waals surface area contributed by atoms with Gasteiger partial charge >= 0.3 is 0 Å². The summed E-state index contributed by atoms with van der Waals surface area (Å²) in [6, 6.07) is -0.468. The maximum Gasteiger partial charge on any atom is 0.234 e. The van der Waals surface area contributed by atoms with E-state index in [1.54, 1.807) is 0 Å². The monoisotopic (exact) mass is 311 g/mol. The van der Waals surface area contributed by atoms with Gasteiger partial charge in [-0.3, -0.25) is 9.69 Å². The van der Waals surface area contributed by atoms with Gasteiger partial charge in [-0.25, -0.2) is 8.42 Å². The van der Waals surface area contributed by atoms with Crippen LogP contribution in [0.3, 0.4) is 0 Å². The molecule has 0 aromatic heterocycles. The molecule has 1 amide bonds. The Balaban J connectivity index is 2.31. The molecule has 1 fully saturated rings. The number of amides is 1. The quantitative estimate of drug-likeness (QED) is 0.468. The summed E-state index contributed by atoms with van der Waals surface area (Å²) in [6.45, 7) is 1.96. The minimum Gasteiger partial charge on any atom is -0.350 e. The Labute approximate surface area is 119 Å². The maximum atomic E-state index is 11.8. The van der Waals surface area contributed by atoms with Crippen LogP contribution < -0.4 is 10.6 Å². The van der Waals surface area contributed by atoms with E-state index in [-0.39, 0.29) is 24.0 Å². The highest BCUT2D eigenvalue weighted by Gasteiger charge is 2.37. The number of sulfone groups is 1. The largest absolute Gasteiger partial charge is 0.350 e. The zero-order valence-electron chi connectivity index (χ0n) is 11.4. The molecule has 8 heteroatoms. The summed E-state index contributed by atoms with van der Waals surface area (Å²) in [5.41, 5.74) is 0. The van der Waals surface area contributed by atoms with Gasteiger partial charge in [0.05, 0.1) is 29.5 Å². The summed E-state index contributed by atoms with van der Waals surface area (Å²) in [4.78, 5) is 13.7. The first-order valence-electron chi connectivity index (χ1n) is 6.31. The molecule has 2 unspecified atom stereocenters. The number of carbonyl (C=O) groups excluding carboxylic acids is 1. The van der Waals surface area contributed by atoms with Crippen LogP contribution in [0.5, 0.6) is 0 Å². The summed E-state index contributed by atoms with van der Waals surface area (Å²) in [5, 5.41) is 5.21. The van der Waals surface area contributed by atoms with Crippen LogP contribution in [0.2, 0.25) is 0 Å². The highest BCUT2D eigenvalue weighted by Crippen LogP contribution is 2.17. The average molecular weight is 312 g/mol. The number of nitrogens with zero attached hydrogens (tertiary/aromatic N) is 1. The van der Waals surface area contributed by atoms with Crippen LogP contribution in [0.15, 0.2) is 0 Å². The SMILES string of the molecule is CNCCCN(C)CC(=O)NC1CS(=O)(=O)CC1Cl. The second kappa shape index (κ2) is 7.42. The molecular formula is C11H22ClN3O3S. The molecule has 0 bridgehead atoms. The molecule has 0 aromatic rings. The van der Waals surface area contributed by atoms with Crippen LogP contribution in [-0.2, 0) is 14.6 Å². The second-order valence-electron chi connectivity index (χ2n) is 4.96. The van der Waals surface area contributed by atoms with E-state index < -0.39 is 21.3 Å². The Morgan fingerprint density at radius 2 is 2.11 bits per heavy atom. The van der Waals surface area contributed by atoms with Crippen molar-refractivity contribution >= 4 is 27.3 Å². The molecule has 1 aliphatic rings. The number of nitrogens with one attached hydrogen (secondary N) is 2. The molecule has 6 nitrogen and oxygen atoms in total. The van der Waals surface area contributed by atoms with E-state index in [9.17, 15) is 13.2 Å². The molecular weight excluding hydrogens is 290 g/mol. The van der Waals surface area contributed by atoms with Crippen molar-refractivity contribution in [1.29, 1.82) is 0 Å². The van der Waals surface area contributed by atoms with Gasteiger partial charge in [0.1, 0.15) is 0 Å². The zero-order chi connectivity index (χ0) is 14.5. The molecule has 19 heavy (non-hydrogen) atoms. The lowest BCUT2D eigenvalue weighted by Gasteiger charge is -2.19. The van der Waals surface area contributed by atoms with Gasteiger partial charge in [0.2, 0.25) is 5.91 Å². The first kappa shape index (κ1) is 16.7. The average Bonchev–Trinajstić information content (AvgIpc) is 2.51. The summed E-state index contributed by atoms with van der Waals surface area (Å²) in [5.74, 6) is -0.298. The summed E-state index contributed by atoms with van der Waals surface area (Å²) in [7, 11) is 0.638. The van der Waals surface area contributed by atoms with Gasteiger partial charge in [-0.1, -0.05) is 0 Å². The van der Waals surface area contributed by atoms with Crippen LogP contribution in [0.25, 0.3) is 0 Å². The predicted octanol–water partition coefficient (Wildman–Crippen LogP) is -0.952. The van der Waals surface area contributed by atoms with Crippen molar-refractivity contribution in [3.05, 3.63) is 0 Å². The molecule has 2 N–H and O–H groups in total. The lowest BCUT2D eigenvalue weighted by Crippen LogP contribution is -2.45. The summed E-state index contributed by atoms with van der Waals surface area (Å²) < 4.78 is 22.8. The van der Waals surface area contributed by atoms with E-state index in [0.29, 0.717) is 0 Å². The minimum absolute atomic E-state index is 0.0580. The fourth-order valence-corrected chi connectivity index (χ4v) is 4.59. The number of likely N-dealkylation sites (N-methyl/N-ethyl adjacent to an activating group) is 1. The first-order chi connectivity index (χ1) is 8.84. The van der Waals surface area contributed by atoms with Crippen molar-refractivity contribution in [1.82, 2.24) is 15.5 Å². The first-order valence-corrected chi connectivity index (χ1v) is 8.57.